The van der Waals surface area contributed by atoms with Crippen LogP contribution in [0.1, 0.15) is 12.5 Å². The van der Waals surface area contributed by atoms with Crippen molar-refractivity contribution in [3.63, 3.8) is 0 Å². The molecule has 1 aromatic heterocycles. The van der Waals surface area contributed by atoms with Gasteiger partial charge in [0, 0.05) is 37.8 Å². The molecule has 1 aliphatic rings. The number of sulfonamides is 1. The van der Waals surface area contributed by atoms with Gasteiger partial charge in [-0.3, -0.25) is 14.7 Å². The quantitative estimate of drug-likeness (QED) is 0.640. The molecule has 1 amide bonds. The first-order valence-electron chi connectivity index (χ1n) is 10.3. The lowest BCUT2D eigenvalue weighted by Crippen LogP contribution is -2.54. The van der Waals surface area contributed by atoms with Gasteiger partial charge in [0.05, 0.1) is 23.0 Å². The molecule has 0 spiro atoms. The van der Waals surface area contributed by atoms with Gasteiger partial charge in [-0.1, -0.05) is 36.4 Å². The summed E-state index contributed by atoms with van der Waals surface area (Å²) in [4.78, 5) is 19.2. The number of rotatable bonds is 6. The first kappa shape index (κ1) is 21.4. The summed E-state index contributed by atoms with van der Waals surface area (Å²) >= 11 is 0. The van der Waals surface area contributed by atoms with E-state index in [-0.39, 0.29) is 17.7 Å². The summed E-state index contributed by atoms with van der Waals surface area (Å²) in [5.41, 5.74) is 2.33. The molecule has 0 aliphatic carbocycles. The summed E-state index contributed by atoms with van der Waals surface area (Å²) in [6.45, 7) is 3.64. The Morgan fingerprint density at radius 1 is 1.00 bits per heavy atom. The molecule has 2 heterocycles. The predicted octanol–water partition coefficient (Wildman–Crippen LogP) is 2.71. The van der Waals surface area contributed by atoms with Crippen LogP contribution in [0.4, 0.5) is 5.69 Å². The van der Waals surface area contributed by atoms with Crippen molar-refractivity contribution in [3.05, 3.63) is 72.4 Å². The fourth-order valence-corrected chi connectivity index (χ4v) is 5.38. The SMILES string of the molecule is C[C@H](C(=O)Nc1cccc2ncccc12)N1CCN(S(=O)(=O)Cc2ccccc2)CC1. The van der Waals surface area contributed by atoms with E-state index >= 15 is 0 Å². The number of piperazine rings is 1. The van der Waals surface area contributed by atoms with Crippen molar-refractivity contribution in [1.82, 2.24) is 14.2 Å². The molecule has 1 aliphatic heterocycles. The highest BCUT2D eigenvalue weighted by molar-refractivity contribution is 7.88. The van der Waals surface area contributed by atoms with Crippen LogP contribution in [0.2, 0.25) is 0 Å². The smallest absolute Gasteiger partial charge is 0.241 e. The fraction of sp³-hybridized carbons (Fsp3) is 0.304. The molecule has 1 fully saturated rings. The van der Waals surface area contributed by atoms with Gasteiger partial charge < -0.3 is 5.32 Å². The van der Waals surface area contributed by atoms with Crippen LogP contribution in [-0.2, 0) is 20.6 Å². The number of hydrogen-bond donors (Lipinski definition) is 1. The Balaban J connectivity index is 1.36. The van der Waals surface area contributed by atoms with Crippen LogP contribution in [0.15, 0.2) is 66.9 Å². The van der Waals surface area contributed by atoms with Crippen LogP contribution < -0.4 is 5.32 Å². The Labute approximate surface area is 182 Å². The fourth-order valence-electron chi connectivity index (χ4n) is 3.86. The Kier molecular flexibility index (Phi) is 6.31. The molecule has 31 heavy (non-hydrogen) atoms. The zero-order valence-electron chi connectivity index (χ0n) is 17.4. The molecule has 4 rings (SSSR count). The van der Waals surface area contributed by atoms with Gasteiger partial charge in [0.15, 0.2) is 0 Å². The van der Waals surface area contributed by atoms with Crippen molar-refractivity contribution in [3.8, 4) is 0 Å². The van der Waals surface area contributed by atoms with E-state index in [1.807, 2.05) is 72.5 Å². The molecule has 1 saturated heterocycles. The van der Waals surface area contributed by atoms with Gasteiger partial charge in [-0.15, -0.1) is 0 Å². The topological polar surface area (TPSA) is 82.6 Å². The summed E-state index contributed by atoms with van der Waals surface area (Å²) in [7, 11) is -3.38. The second-order valence-corrected chi connectivity index (χ2v) is 9.69. The first-order chi connectivity index (χ1) is 14.9. The number of aromatic nitrogens is 1. The third-order valence-corrected chi connectivity index (χ3v) is 7.54. The van der Waals surface area contributed by atoms with Crippen LogP contribution in [-0.4, -0.2) is 60.7 Å². The van der Waals surface area contributed by atoms with Crippen LogP contribution in [0.25, 0.3) is 10.9 Å². The highest BCUT2D eigenvalue weighted by atomic mass is 32.2. The minimum Gasteiger partial charge on any atom is -0.324 e. The summed E-state index contributed by atoms with van der Waals surface area (Å²) in [6, 6.07) is 18.2. The highest BCUT2D eigenvalue weighted by Gasteiger charge is 2.31. The average molecular weight is 439 g/mol. The van der Waals surface area contributed by atoms with Gasteiger partial charge in [0.1, 0.15) is 0 Å². The van der Waals surface area contributed by atoms with E-state index in [1.54, 1.807) is 6.20 Å². The summed E-state index contributed by atoms with van der Waals surface area (Å²) in [5.74, 6) is -0.115. The lowest BCUT2D eigenvalue weighted by molar-refractivity contribution is -0.121. The lowest BCUT2D eigenvalue weighted by atomic mass is 10.1. The minimum atomic E-state index is -3.38. The number of nitrogens with one attached hydrogen (secondary N) is 1. The standard InChI is InChI=1S/C23H26N4O3S/c1-18(23(28)25-22-11-5-10-21-20(22)9-6-12-24-21)26-13-15-27(16-14-26)31(29,30)17-19-7-3-2-4-8-19/h2-12,18H,13-17H2,1H3,(H,25,28)/t18-/m1/s1. The van der Waals surface area contributed by atoms with Gasteiger partial charge in [0.25, 0.3) is 0 Å². The van der Waals surface area contributed by atoms with E-state index in [2.05, 4.69) is 10.3 Å². The lowest BCUT2D eigenvalue weighted by Gasteiger charge is -2.36. The number of anilines is 1. The van der Waals surface area contributed by atoms with E-state index < -0.39 is 10.0 Å². The number of fused-ring (bicyclic) bond motifs is 1. The zero-order valence-corrected chi connectivity index (χ0v) is 18.3. The number of nitrogens with zero attached hydrogens (tertiary/aromatic N) is 3. The van der Waals surface area contributed by atoms with Crippen LogP contribution in [0, 0.1) is 0 Å². The van der Waals surface area contributed by atoms with E-state index in [0.717, 1.165) is 22.2 Å². The molecule has 0 radical (unpaired) electrons. The average Bonchev–Trinajstić information content (AvgIpc) is 2.79. The van der Waals surface area contributed by atoms with Crippen LogP contribution in [0.5, 0.6) is 0 Å². The number of hydrogen-bond acceptors (Lipinski definition) is 5. The van der Waals surface area contributed by atoms with E-state index in [4.69, 9.17) is 0 Å². The molecule has 0 saturated carbocycles. The summed E-state index contributed by atoms with van der Waals surface area (Å²) < 4.78 is 27.0. The number of pyridine rings is 1. The van der Waals surface area contributed by atoms with Crippen molar-refractivity contribution in [1.29, 1.82) is 0 Å². The second-order valence-electron chi connectivity index (χ2n) is 7.72. The molecule has 0 bridgehead atoms. The molecule has 162 valence electrons. The molecule has 1 N–H and O–H groups in total. The van der Waals surface area contributed by atoms with Crippen molar-refractivity contribution < 1.29 is 13.2 Å². The predicted molar refractivity (Wildman–Crippen MR) is 122 cm³/mol. The maximum Gasteiger partial charge on any atom is 0.241 e. The summed E-state index contributed by atoms with van der Waals surface area (Å²) in [6.07, 6.45) is 1.72. The van der Waals surface area contributed by atoms with E-state index in [9.17, 15) is 13.2 Å². The maximum atomic E-state index is 12.9. The Morgan fingerprint density at radius 3 is 2.48 bits per heavy atom. The van der Waals surface area contributed by atoms with Gasteiger partial charge in [-0.05, 0) is 36.8 Å². The molecular weight excluding hydrogens is 412 g/mol. The van der Waals surface area contributed by atoms with Crippen molar-refractivity contribution in [2.24, 2.45) is 0 Å². The number of benzene rings is 2. The highest BCUT2D eigenvalue weighted by Crippen LogP contribution is 2.22. The molecule has 7 nitrogen and oxygen atoms in total. The molecular formula is C23H26N4O3S. The van der Waals surface area contributed by atoms with Crippen LogP contribution >= 0.6 is 0 Å². The second kappa shape index (κ2) is 9.13. The van der Waals surface area contributed by atoms with Crippen molar-refractivity contribution in [2.45, 2.75) is 18.7 Å². The summed E-state index contributed by atoms with van der Waals surface area (Å²) in [5, 5.41) is 3.89. The first-order valence-corrected chi connectivity index (χ1v) is 12.0. The van der Waals surface area contributed by atoms with Gasteiger partial charge in [0.2, 0.25) is 15.9 Å². The number of carbonyl (C=O) groups is 1. The largest absolute Gasteiger partial charge is 0.324 e. The molecule has 3 aromatic rings. The van der Waals surface area contributed by atoms with E-state index in [0.29, 0.717) is 26.2 Å². The van der Waals surface area contributed by atoms with Crippen molar-refractivity contribution >= 4 is 32.5 Å². The molecule has 2 aromatic carbocycles. The van der Waals surface area contributed by atoms with Crippen LogP contribution in [0.3, 0.4) is 0 Å². The minimum absolute atomic E-state index is 0.000995. The van der Waals surface area contributed by atoms with Gasteiger partial charge >= 0.3 is 0 Å². The molecule has 0 unspecified atom stereocenters. The maximum absolute atomic E-state index is 12.9. The zero-order chi connectivity index (χ0) is 21.8. The Morgan fingerprint density at radius 2 is 1.74 bits per heavy atom. The Bertz CT molecular complexity index is 1150. The molecule has 8 heteroatoms. The normalized spacial score (nSPS) is 16.8. The van der Waals surface area contributed by atoms with E-state index in [1.165, 1.54) is 4.31 Å². The third-order valence-electron chi connectivity index (χ3n) is 5.69. The van der Waals surface area contributed by atoms with Crippen molar-refractivity contribution in [2.75, 3.05) is 31.5 Å². The number of amides is 1. The van der Waals surface area contributed by atoms with Gasteiger partial charge in [-0.25, -0.2) is 8.42 Å². The third kappa shape index (κ3) is 4.92. The van der Waals surface area contributed by atoms with Gasteiger partial charge in [-0.2, -0.15) is 4.31 Å². The monoisotopic (exact) mass is 438 g/mol. The number of carbonyl (C=O) groups excluding carboxylic acids is 1. The Hall–Kier alpha value is -2.81. The molecule has 1 atom stereocenters.